The number of hydrogen-bond acceptors (Lipinski definition) is 6. The Hall–Kier alpha value is -2.94. The number of piperidine rings is 1. The van der Waals surface area contributed by atoms with Crippen molar-refractivity contribution >= 4 is 24.0 Å². The summed E-state index contributed by atoms with van der Waals surface area (Å²) in [6.45, 7) is 8.52. The first-order valence-electron chi connectivity index (χ1n) is 11.5. The van der Waals surface area contributed by atoms with Gasteiger partial charge in [-0.05, 0) is 43.4 Å². The second-order valence-electron chi connectivity index (χ2n) is 10.2. The second kappa shape index (κ2) is 9.13. The Morgan fingerprint density at radius 1 is 1.24 bits per heavy atom. The van der Waals surface area contributed by atoms with Gasteiger partial charge in [0.1, 0.15) is 11.8 Å². The predicted molar refractivity (Wildman–Crippen MR) is 121 cm³/mol. The van der Waals surface area contributed by atoms with Crippen LogP contribution in [0.15, 0.2) is 30.7 Å². The molecule has 9 heteroatoms. The first kappa shape index (κ1) is 23.2. The average Bonchev–Trinajstić information content (AvgIpc) is 3.46. The lowest BCUT2D eigenvalue weighted by Crippen LogP contribution is -2.45. The normalized spacial score (nSPS) is 23.9. The van der Waals surface area contributed by atoms with Crippen molar-refractivity contribution < 1.29 is 24.2 Å². The lowest BCUT2D eigenvalue weighted by molar-refractivity contribution is -0.151. The van der Waals surface area contributed by atoms with Gasteiger partial charge in [0.25, 0.3) is 12.4 Å². The summed E-state index contributed by atoms with van der Waals surface area (Å²) in [6.07, 6.45) is 8.77. The number of carboxylic acid groups (broad SMARTS) is 1. The predicted octanol–water partition coefficient (Wildman–Crippen LogP) is 2.30. The van der Waals surface area contributed by atoms with E-state index in [9.17, 15) is 9.59 Å². The molecule has 9 nitrogen and oxygen atoms in total. The molecule has 5 heterocycles. The first-order valence-corrected chi connectivity index (χ1v) is 11.5. The van der Waals surface area contributed by atoms with Crippen molar-refractivity contribution in [1.29, 1.82) is 0 Å². The number of esters is 1. The number of carbonyl (C=O) groups is 3. The number of cyclic esters (lactones) is 1. The standard InChI is InChI=1S/C23H30N4O3.CH2O2/c1-22(2)4-9-25(16-22)15-18-14-23(21(29)30-18)5-10-27(11-6-23)20(28)17-3-8-26-12-7-24-19(26)13-17;2-1-3/h3,7-8,12-13,18H,4-6,9-11,14-16H2,1-2H3;1H,(H,2,3). The number of hydrogen-bond donors (Lipinski definition) is 1. The molecule has 2 aromatic heterocycles. The molecule has 2 aromatic rings. The van der Waals surface area contributed by atoms with Crippen LogP contribution in [0.25, 0.3) is 5.65 Å². The molecule has 0 radical (unpaired) electrons. The summed E-state index contributed by atoms with van der Waals surface area (Å²) in [6, 6.07) is 3.66. The highest BCUT2D eigenvalue weighted by atomic mass is 16.6. The molecule has 1 amide bonds. The number of pyridine rings is 1. The number of likely N-dealkylation sites (tertiary alicyclic amines) is 2. The number of amides is 1. The Labute approximate surface area is 193 Å². The maximum absolute atomic E-state index is 13.0. The maximum atomic E-state index is 13.0. The van der Waals surface area contributed by atoms with Crippen molar-refractivity contribution in [2.24, 2.45) is 10.8 Å². The lowest BCUT2D eigenvalue weighted by atomic mass is 9.76. The molecule has 3 aliphatic rings. The number of nitrogens with zero attached hydrogens (tertiary/aromatic N) is 4. The summed E-state index contributed by atoms with van der Waals surface area (Å²) in [7, 11) is 0. The largest absolute Gasteiger partial charge is 0.483 e. The van der Waals surface area contributed by atoms with Crippen LogP contribution in [-0.2, 0) is 14.3 Å². The van der Waals surface area contributed by atoms with Gasteiger partial charge in [-0.3, -0.25) is 19.3 Å². The molecule has 3 aliphatic heterocycles. The quantitative estimate of drug-likeness (QED) is 0.558. The number of carbonyl (C=O) groups excluding carboxylic acids is 2. The van der Waals surface area contributed by atoms with Gasteiger partial charge in [0.2, 0.25) is 0 Å². The zero-order valence-corrected chi connectivity index (χ0v) is 19.3. The van der Waals surface area contributed by atoms with Crippen LogP contribution >= 0.6 is 0 Å². The molecular weight excluding hydrogens is 424 g/mol. The zero-order valence-electron chi connectivity index (χ0n) is 19.3. The minimum atomic E-state index is -0.413. The summed E-state index contributed by atoms with van der Waals surface area (Å²) < 4.78 is 7.70. The van der Waals surface area contributed by atoms with Crippen LogP contribution in [0.3, 0.4) is 0 Å². The van der Waals surface area contributed by atoms with Gasteiger partial charge in [-0.2, -0.15) is 0 Å². The topological polar surface area (TPSA) is 104 Å². The van der Waals surface area contributed by atoms with Crippen molar-refractivity contribution in [2.75, 3.05) is 32.7 Å². The molecule has 5 rings (SSSR count). The van der Waals surface area contributed by atoms with Gasteiger partial charge >= 0.3 is 5.97 Å². The third-order valence-corrected chi connectivity index (χ3v) is 7.20. The first-order chi connectivity index (χ1) is 15.7. The Bertz CT molecular complexity index is 1020. The molecule has 178 valence electrons. The molecule has 1 spiro atoms. The van der Waals surface area contributed by atoms with E-state index in [1.165, 1.54) is 6.42 Å². The zero-order chi connectivity index (χ0) is 23.6. The number of rotatable bonds is 3. The van der Waals surface area contributed by atoms with Gasteiger partial charge in [0.05, 0.1) is 5.41 Å². The van der Waals surface area contributed by atoms with Crippen LogP contribution < -0.4 is 0 Å². The number of imidazole rings is 1. The molecule has 1 unspecified atom stereocenters. The lowest BCUT2D eigenvalue weighted by Gasteiger charge is -2.36. The van der Waals surface area contributed by atoms with Gasteiger partial charge in [-0.15, -0.1) is 0 Å². The maximum Gasteiger partial charge on any atom is 0.312 e. The molecule has 1 N–H and O–H groups in total. The average molecular weight is 457 g/mol. The van der Waals surface area contributed by atoms with Crippen molar-refractivity contribution in [3.8, 4) is 0 Å². The molecule has 0 saturated carbocycles. The van der Waals surface area contributed by atoms with E-state index in [2.05, 4.69) is 23.7 Å². The van der Waals surface area contributed by atoms with Crippen LogP contribution in [0.4, 0.5) is 0 Å². The summed E-state index contributed by atoms with van der Waals surface area (Å²) in [5, 5.41) is 6.89. The Kier molecular flexibility index (Phi) is 6.43. The van der Waals surface area contributed by atoms with E-state index < -0.39 is 5.41 Å². The third kappa shape index (κ3) is 4.88. The van der Waals surface area contributed by atoms with E-state index in [1.54, 1.807) is 6.20 Å². The number of aromatic nitrogens is 2. The summed E-state index contributed by atoms with van der Waals surface area (Å²) >= 11 is 0. The SMILES string of the molecule is CC1(C)CCN(CC2CC3(CCN(C(=O)c4ccn5ccnc5c4)CC3)C(=O)O2)C1.O=CO. The number of fused-ring (bicyclic) bond motifs is 1. The smallest absolute Gasteiger partial charge is 0.312 e. The molecule has 1 atom stereocenters. The molecule has 3 fully saturated rings. The monoisotopic (exact) mass is 456 g/mol. The second-order valence-corrected chi connectivity index (χ2v) is 10.2. The fourth-order valence-electron chi connectivity index (χ4n) is 5.38. The van der Waals surface area contributed by atoms with Crippen LogP contribution in [0.5, 0.6) is 0 Å². The van der Waals surface area contributed by atoms with E-state index in [0.717, 1.165) is 31.7 Å². The van der Waals surface area contributed by atoms with Gasteiger partial charge in [0.15, 0.2) is 0 Å². The summed E-state index contributed by atoms with van der Waals surface area (Å²) in [5.74, 6) is -0.0468. The summed E-state index contributed by atoms with van der Waals surface area (Å²) in [5.41, 5.74) is 1.35. The Balaban J connectivity index is 0.000000821. The third-order valence-electron chi connectivity index (χ3n) is 7.20. The van der Waals surface area contributed by atoms with Gasteiger partial charge in [-0.1, -0.05) is 13.8 Å². The molecule has 0 bridgehead atoms. The molecule has 0 aromatic carbocycles. The van der Waals surface area contributed by atoms with Crippen molar-refractivity contribution in [3.05, 3.63) is 36.3 Å². The molecule has 0 aliphatic carbocycles. The van der Waals surface area contributed by atoms with E-state index in [1.807, 2.05) is 33.8 Å². The fraction of sp³-hybridized carbons (Fsp3) is 0.583. The van der Waals surface area contributed by atoms with Crippen molar-refractivity contribution in [1.82, 2.24) is 19.2 Å². The van der Waals surface area contributed by atoms with Gasteiger partial charge in [-0.25, -0.2) is 4.98 Å². The highest BCUT2D eigenvalue weighted by Crippen LogP contribution is 2.44. The van der Waals surface area contributed by atoms with Crippen molar-refractivity contribution in [3.63, 3.8) is 0 Å². The van der Waals surface area contributed by atoms with Crippen LogP contribution in [-0.4, -0.2) is 81.5 Å². The number of ether oxygens (including phenoxy) is 1. The van der Waals surface area contributed by atoms with Crippen LogP contribution in [0, 0.1) is 10.8 Å². The molecule has 33 heavy (non-hydrogen) atoms. The minimum Gasteiger partial charge on any atom is -0.483 e. The fourth-order valence-corrected chi connectivity index (χ4v) is 5.38. The van der Waals surface area contributed by atoms with Gasteiger partial charge in [0, 0.05) is 56.8 Å². The molecular formula is C24H32N4O5. The van der Waals surface area contributed by atoms with Crippen molar-refractivity contribution in [2.45, 2.75) is 45.6 Å². The highest BCUT2D eigenvalue weighted by Gasteiger charge is 2.51. The van der Waals surface area contributed by atoms with Gasteiger partial charge < -0.3 is 19.1 Å². The van der Waals surface area contributed by atoms with E-state index >= 15 is 0 Å². The molecule has 3 saturated heterocycles. The van der Waals surface area contributed by atoms with Crippen LogP contribution in [0.1, 0.15) is 49.9 Å². The minimum absolute atomic E-state index is 0.0116. The van der Waals surface area contributed by atoms with E-state index in [-0.39, 0.29) is 24.5 Å². The van der Waals surface area contributed by atoms with E-state index in [4.69, 9.17) is 14.6 Å². The van der Waals surface area contributed by atoms with Crippen LogP contribution in [0.2, 0.25) is 0 Å². The van der Waals surface area contributed by atoms with E-state index in [0.29, 0.717) is 36.9 Å². The summed E-state index contributed by atoms with van der Waals surface area (Å²) in [4.78, 5) is 42.7. The highest BCUT2D eigenvalue weighted by molar-refractivity contribution is 5.95. The Morgan fingerprint density at radius 3 is 2.64 bits per heavy atom. The Morgan fingerprint density at radius 2 is 1.97 bits per heavy atom.